The maximum atomic E-state index is 10.7. The van der Waals surface area contributed by atoms with Crippen LogP contribution in [0.5, 0.6) is 0 Å². The van der Waals surface area contributed by atoms with Crippen LogP contribution in [0.4, 0.5) is 0 Å². The molecular weight excluding hydrogens is 388 g/mol. The smallest absolute Gasteiger partial charge is 0.0783 e. The minimum atomic E-state index is -0.358. The van der Waals surface area contributed by atoms with E-state index in [1.165, 1.54) is 81.8 Å². The summed E-state index contributed by atoms with van der Waals surface area (Å²) in [5.74, 6) is 2.50. The average molecular weight is 439 g/mol. The molecule has 5 unspecified atom stereocenters. The Morgan fingerprint density at radius 1 is 1.16 bits per heavy atom. The molecule has 0 saturated heterocycles. The second-order valence-corrected chi connectivity index (χ2v) is 10.7. The van der Waals surface area contributed by atoms with Crippen molar-refractivity contribution in [3.05, 3.63) is 60.3 Å². The van der Waals surface area contributed by atoms with E-state index in [1.54, 1.807) is 0 Å². The fraction of sp³-hybridized carbons (Fsp3) is 0.677. The molecule has 2 rings (SSSR count). The lowest BCUT2D eigenvalue weighted by Gasteiger charge is -2.22. The fourth-order valence-corrected chi connectivity index (χ4v) is 5.60. The molecule has 0 radical (unpaired) electrons. The van der Waals surface area contributed by atoms with Crippen molar-refractivity contribution in [2.24, 2.45) is 23.7 Å². The van der Waals surface area contributed by atoms with Crippen LogP contribution in [-0.4, -0.2) is 11.2 Å². The SMILES string of the molecule is C=C(CCCCCC(/C=C\C)C(O)/C=C/C1CCC=C(C)C1)CC(C)CC1CC=CCC1. The number of aliphatic hydroxyl groups excluding tert-OH is 1. The van der Waals surface area contributed by atoms with Gasteiger partial charge in [-0.15, -0.1) is 0 Å². The third-order valence-corrected chi connectivity index (χ3v) is 7.39. The van der Waals surface area contributed by atoms with E-state index in [0.29, 0.717) is 5.92 Å². The molecule has 0 bridgehead atoms. The van der Waals surface area contributed by atoms with Crippen LogP contribution in [0.15, 0.2) is 60.3 Å². The molecular formula is C31H50O. The Balaban J connectivity index is 1.61. The lowest BCUT2D eigenvalue weighted by atomic mass is 9.84. The summed E-state index contributed by atoms with van der Waals surface area (Å²) in [6.07, 6.45) is 31.3. The third-order valence-electron chi connectivity index (χ3n) is 7.39. The highest BCUT2D eigenvalue weighted by molar-refractivity contribution is 5.09. The van der Waals surface area contributed by atoms with Crippen LogP contribution in [0.2, 0.25) is 0 Å². The van der Waals surface area contributed by atoms with Crippen LogP contribution < -0.4 is 0 Å². The van der Waals surface area contributed by atoms with Gasteiger partial charge in [0.1, 0.15) is 0 Å². The second kappa shape index (κ2) is 15.5. The van der Waals surface area contributed by atoms with Crippen LogP contribution >= 0.6 is 0 Å². The molecule has 5 atom stereocenters. The molecule has 2 aliphatic carbocycles. The Kier molecular flexibility index (Phi) is 13.0. The molecule has 1 heteroatoms. The predicted molar refractivity (Wildman–Crippen MR) is 142 cm³/mol. The molecule has 32 heavy (non-hydrogen) atoms. The molecule has 1 N–H and O–H groups in total. The van der Waals surface area contributed by atoms with Gasteiger partial charge in [0.15, 0.2) is 0 Å². The van der Waals surface area contributed by atoms with Gasteiger partial charge in [0.2, 0.25) is 0 Å². The maximum Gasteiger partial charge on any atom is 0.0783 e. The molecule has 1 nitrogen and oxygen atoms in total. The Morgan fingerprint density at radius 3 is 2.72 bits per heavy atom. The van der Waals surface area contributed by atoms with Gasteiger partial charge >= 0.3 is 0 Å². The molecule has 0 spiro atoms. The Labute approximate surface area is 199 Å². The van der Waals surface area contributed by atoms with Crippen LogP contribution in [0.1, 0.15) is 104 Å². The average Bonchev–Trinajstić information content (AvgIpc) is 2.77. The van der Waals surface area contributed by atoms with E-state index in [2.05, 4.69) is 69.9 Å². The summed E-state index contributed by atoms with van der Waals surface area (Å²) in [5, 5.41) is 10.7. The monoisotopic (exact) mass is 438 g/mol. The van der Waals surface area contributed by atoms with Crippen molar-refractivity contribution in [3.8, 4) is 0 Å². The van der Waals surface area contributed by atoms with Crippen molar-refractivity contribution in [2.45, 2.75) is 110 Å². The summed E-state index contributed by atoms with van der Waals surface area (Å²) in [6, 6.07) is 0. The summed E-state index contributed by atoms with van der Waals surface area (Å²) in [7, 11) is 0. The van der Waals surface area contributed by atoms with Gasteiger partial charge in [-0.05, 0) is 102 Å². The topological polar surface area (TPSA) is 20.2 Å². The lowest BCUT2D eigenvalue weighted by molar-refractivity contribution is 0.168. The van der Waals surface area contributed by atoms with E-state index in [-0.39, 0.29) is 12.0 Å². The molecule has 0 heterocycles. The number of aliphatic hydroxyl groups is 1. The Hall–Kier alpha value is -1.34. The first-order chi connectivity index (χ1) is 15.5. The van der Waals surface area contributed by atoms with Crippen LogP contribution in [-0.2, 0) is 0 Å². The van der Waals surface area contributed by atoms with Crippen molar-refractivity contribution >= 4 is 0 Å². The summed E-state index contributed by atoms with van der Waals surface area (Å²) in [6.45, 7) is 11.1. The Bertz CT molecular complexity index is 649. The van der Waals surface area contributed by atoms with Gasteiger partial charge in [-0.1, -0.05) is 80.0 Å². The van der Waals surface area contributed by atoms with Crippen LogP contribution in [0.25, 0.3) is 0 Å². The largest absolute Gasteiger partial charge is 0.388 e. The van der Waals surface area contributed by atoms with E-state index in [9.17, 15) is 5.11 Å². The summed E-state index contributed by atoms with van der Waals surface area (Å²) in [4.78, 5) is 0. The van der Waals surface area contributed by atoms with Crippen molar-refractivity contribution in [2.75, 3.05) is 0 Å². The number of allylic oxidation sites excluding steroid dienone is 7. The standard InChI is InChI=1S/C31H50O/c1-5-13-30(31(32)21-20-29-18-12-15-26(3)23-29)19-11-6-8-14-25(2)22-27(4)24-28-16-9-7-10-17-28/h5,7,9,13,15,20-21,27-32H,2,6,8,10-12,14,16-19,22-24H2,1,3-4H3/b13-5-,21-20+. The van der Waals surface area contributed by atoms with Gasteiger partial charge in [-0.3, -0.25) is 0 Å². The van der Waals surface area contributed by atoms with E-state index in [4.69, 9.17) is 0 Å². The van der Waals surface area contributed by atoms with E-state index in [0.717, 1.165) is 24.7 Å². The van der Waals surface area contributed by atoms with E-state index < -0.39 is 0 Å². The van der Waals surface area contributed by atoms with Gasteiger partial charge in [0.25, 0.3) is 0 Å². The van der Waals surface area contributed by atoms with E-state index in [1.807, 2.05) is 0 Å². The van der Waals surface area contributed by atoms with Gasteiger partial charge in [0.05, 0.1) is 6.10 Å². The highest BCUT2D eigenvalue weighted by Crippen LogP contribution is 2.29. The quantitative estimate of drug-likeness (QED) is 0.212. The lowest BCUT2D eigenvalue weighted by Crippen LogP contribution is -2.16. The first-order valence-corrected chi connectivity index (χ1v) is 13.4. The van der Waals surface area contributed by atoms with Crippen molar-refractivity contribution < 1.29 is 5.11 Å². The molecule has 2 aliphatic rings. The molecule has 180 valence electrons. The highest BCUT2D eigenvalue weighted by atomic mass is 16.3. The molecule has 0 fully saturated rings. The van der Waals surface area contributed by atoms with Gasteiger partial charge < -0.3 is 5.11 Å². The molecule has 0 aromatic rings. The third kappa shape index (κ3) is 11.0. The normalized spacial score (nSPS) is 24.6. The zero-order chi connectivity index (χ0) is 23.2. The summed E-state index contributed by atoms with van der Waals surface area (Å²) < 4.78 is 0. The number of unbranched alkanes of at least 4 members (excludes halogenated alkanes) is 2. The van der Waals surface area contributed by atoms with Crippen molar-refractivity contribution in [1.82, 2.24) is 0 Å². The number of hydrogen-bond acceptors (Lipinski definition) is 1. The maximum absolute atomic E-state index is 10.7. The van der Waals surface area contributed by atoms with Gasteiger partial charge in [-0.25, -0.2) is 0 Å². The highest BCUT2D eigenvalue weighted by Gasteiger charge is 2.16. The first-order valence-electron chi connectivity index (χ1n) is 13.4. The van der Waals surface area contributed by atoms with Gasteiger partial charge in [0, 0.05) is 5.92 Å². The molecule has 0 aliphatic heterocycles. The van der Waals surface area contributed by atoms with Crippen LogP contribution in [0.3, 0.4) is 0 Å². The van der Waals surface area contributed by atoms with Crippen LogP contribution in [0, 0.1) is 23.7 Å². The molecule has 0 amide bonds. The predicted octanol–water partition coefficient (Wildman–Crippen LogP) is 9.12. The zero-order valence-corrected chi connectivity index (χ0v) is 21.3. The van der Waals surface area contributed by atoms with Gasteiger partial charge in [-0.2, -0.15) is 0 Å². The number of hydrogen-bond donors (Lipinski definition) is 1. The fourth-order valence-electron chi connectivity index (χ4n) is 5.60. The summed E-state index contributed by atoms with van der Waals surface area (Å²) >= 11 is 0. The second-order valence-electron chi connectivity index (χ2n) is 10.7. The molecule has 0 aromatic carbocycles. The minimum Gasteiger partial charge on any atom is -0.388 e. The Morgan fingerprint density at radius 2 is 2.00 bits per heavy atom. The summed E-state index contributed by atoms with van der Waals surface area (Å²) in [5.41, 5.74) is 2.93. The zero-order valence-electron chi connectivity index (χ0n) is 21.3. The minimum absolute atomic E-state index is 0.240. The number of rotatable bonds is 14. The molecule has 0 saturated carbocycles. The molecule has 0 aromatic heterocycles. The van der Waals surface area contributed by atoms with Crippen molar-refractivity contribution in [3.63, 3.8) is 0 Å². The first kappa shape index (κ1) is 26.9. The van der Waals surface area contributed by atoms with E-state index >= 15 is 0 Å². The van der Waals surface area contributed by atoms with Crippen molar-refractivity contribution in [1.29, 1.82) is 0 Å².